The Kier molecular flexibility index (Phi) is 9.53. The third-order valence-corrected chi connectivity index (χ3v) is 5.36. The summed E-state index contributed by atoms with van der Waals surface area (Å²) in [4.78, 5) is 18.6. The number of aryl methyl sites for hydroxylation is 1. The summed E-state index contributed by atoms with van der Waals surface area (Å²) in [6, 6.07) is 8.04. The number of likely N-dealkylation sites (tertiary alicyclic amines) is 1. The van der Waals surface area contributed by atoms with Crippen molar-refractivity contribution in [3.8, 4) is 5.75 Å². The largest absolute Gasteiger partial charge is 0.497 e. The van der Waals surface area contributed by atoms with E-state index < -0.39 is 0 Å². The lowest BCUT2D eigenvalue weighted by atomic mass is 10.2. The first-order valence-electron chi connectivity index (χ1n) is 10.3. The number of nitrogens with zero attached hydrogens (tertiary/aromatic N) is 5. The Morgan fingerprint density at radius 3 is 2.65 bits per heavy atom. The van der Waals surface area contributed by atoms with Gasteiger partial charge >= 0.3 is 0 Å². The Morgan fingerprint density at radius 1 is 1.29 bits per heavy atom. The van der Waals surface area contributed by atoms with Crippen LogP contribution in [0.2, 0.25) is 0 Å². The first-order chi connectivity index (χ1) is 14.5. The van der Waals surface area contributed by atoms with Gasteiger partial charge in [-0.1, -0.05) is 19.1 Å². The predicted molar refractivity (Wildman–Crippen MR) is 131 cm³/mol. The number of halogens is 1. The van der Waals surface area contributed by atoms with Gasteiger partial charge in [0.15, 0.2) is 11.8 Å². The Labute approximate surface area is 200 Å². The van der Waals surface area contributed by atoms with Gasteiger partial charge in [0.1, 0.15) is 11.6 Å². The highest BCUT2D eigenvalue weighted by Gasteiger charge is 2.26. The van der Waals surface area contributed by atoms with E-state index in [0.29, 0.717) is 32.0 Å². The van der Waals surface area contributed by atoms with Crippen molar-refractivity contribution < 1.29 is 9.53 Å². The van der Waals surface area contributed by atoms with Crippen molar-refractivity contribution in [1.29, 1.82) is 0 Å². The minimum atomic E-state index is 0. The zero-order valence-corrected chi connectivity index (χ0v) is 20.9. The number of hydrogen-bond acceptors (Lipinski definition) is 5. The maximum absolute atomic E-state index is 12.0. The van der Waals surface area contributed by atoms with Crippen LogP contribution in [0.3, 0.4) is 0 Å². The second-order valence-corrected chi connectivity index (χ2v) is 7.41. The molecular formula is C21H32IN7O2. The summed E-state index contributed by atoms with van der Waals surface area (Å²) in [5.74, 6) is 3.41. The van der Waals surface area contributed by atoms with Gasteiger partial charge in [-0.25, -0.2) is 4.99 Å². The monoisotopic (exact) mass is 541 g/mol. The fourth-order valence-electron chi connectivity index (χ4n) is 3.34. The van der Waals surface area contributed by atoms with Gasteiger partial charge in [0.05, 0.1) is 20.2 Å². The van der Waals surface area contributed by atoms with Gasteiger partial charge in [-0.2, -0.15) is 0 Å². The first-order valence-corrected chi connectivity index (χ1v) is 10.3. The molecule has 1 aliphatic rings. The maximum atomic E-state index is 12.0. The molecule has 10 heteroatoms. The molecule has 3 rings (SSSR count). The maximum Gasteiger partial charge on any atom is 0.222 e. The van der Waals surface area contributed by atoms with Crippen molar-refractivity contribution in [3.63, 3.8) is 0 Å². The molecule has 31 heavy (non-hydrogen) atoms. The van der Waals surface area contributed by atoms with E-state index in [-0.39, 0.29) is 35.9 Å². The summed E-state index contributed by atoms with van der Waals surface area (Å²) in [5.41, 5.74) is 1.08. The Hall–Kier alpha value is -2.37. The minimum Gasteiger partial charge on any atom is -0.497 e. The van der Waals surface area contributed by atoms with E-state index in [2.05, 4.69) is 20.8 Å². The Bertz CT molecular complexity index is 882. The number of ether oxygens (including phenoxy) is 1. The number of benzene rings is 1. The smallest absolute Gasteiger partial charge is 0.222 e. The van der Waals surface area contributed by atoms with Crippen LogP contribution in [-0.2, 0) is 24.9 Å². The van der Waals surface area contributed by atoms with E-state index in [9.17, 15) is 4.79 Å². The molecule has 9 nitrogen and oxygen atoms in total. The number of aliphatic imine (C=N–C) groups is 1. The Balaban J connectivity index is 0.00000341. The lowest BCUT2D eigenvalue weighted by molar-refractivity contribution is -0.129. The van der Waals surface area contributed by atoms with Crippen LogP contribution >= 0.6 is 24.0 Å². The van der Waals surface area contributed by atoms with Gasteiger partial charge < -0.3 is 24.8 Å². The molecule has 1 atom stereocenters. The van der Waals surface area contributed by atoms with Crippen LogP contribution in [0.4, 0.5) is 0 Å². The molecule has 170 valence electrons. The van der Waals surface area contributed by atoms with Crippen LogP contribution in [0.1, 0.15) is 37.0 Å². The number of carbonyl (C=O) groups is 1. The summed E-state index contributed by atoms with van der Waals surface area (Å²) in [6.07, 6.45) is 1.44. The first kappa shape index (κ1) is 24.9. The molecule has 1 aromatic heterocycles. The highest BCUT2D eigenvalue weighted by Crippen LogP contribution is 2.13. The molecule has 2 N–H and O–H groups in total. The topological polar surface area (TPSA) is 96.7 Å². The average molecular weight is 541 g/mol. The van der Waals surface area contributed by atoms with Gasteiger partial charge in [0.25, 0.3) is 0 Å². The van der Waals surface area contributed by atoms with Crippen molar-refractivity contribution in [1.82, 2.24) is 30.3 Å². The van der Waals surface area contributed by atoms with E-state index >= 15 is 0 Å². The molecule has 0 saturated carbocycles. The van der Waals surface area contributed by atoms with Gasteiger partial charge in [-0.3, -0.25) is 4.79 Å². The number of methoxy groups -OCH3 is 1. The van der Waals surface area contributed by atoms with Gasteiger partial charge in [-0.05, 0) is 31.0 Å². The fraction of sp³-hybridized carbons (Fsp3) is 0.524. The van der Waals surface area contributed by atoms with E-state index in [1.54, 1.807) is 7.11 Å². The van der Waals surface area contributed by atoms with Gasteiger partial charge in [0, 0.05) is 32.6 Å². The standard InChI is InChI=1S/C21H31N7O2.HI/c1-5-20(29)28-11-10-17(14-28)24-21(23-13-19-26-25-15(2)27(19)3)22-12-16-6-8-18(30-4)9-7-16;/h6-9,17H,5,10-14H2,1-4H3,(H2,22,23,24);1H. The van der Waals surface area contributed by atoms with Crippen LogP contribution in [0.25, 0.3) is 0 Å². The molecular weight excluding hydrogens is 509 g/mol. The zero-order valence-electron chi connectivity index (χ0n) is 18.6. The number of guanidine groups is 1. The summed E-state index contributed by atoms with van der Waals surface area (Å²) < 4.78 is 7.16. The van der Waals surface area contributed by atoms with Crippen molar-refractivity contribution in [3.05, 3.63) is 41.5 Å². The van der Waals surface area contributed by atoms with E-state index in [1.165, 1.54) is 0 Å². The highest BCUT2D eigenvalue weighted by atomic mass is 127. The fourth-order valence-corrected chi connectivity index (χ4v) is 3.34. The predicted octanol–water partition coefficient (Wildman–Crippen LogP) is 2.00. The highest BCUT2D eigenvalue weighted by molar-refractivity contribution is 14.0. The number of hydrogen-bond donors (Lipinski definition) is 2. The molecule has 0 radical (unpaired) electrons. The SMILES string of the molecule is CCC(=O)N1CCC(NC(=NCc2ccc(OC)cc2)NCc2nnc(C)n2C)C1.I. The molecule has 2 aromatic rings. The van der Waals surface area contributed by atoms with Crippen molar-refractivity contribution in [2.45, 2.75) is 45.8 Å². The molecule has 1 unspecified atom stereocenters. The zero-order chi connectivity index (χ0) is 21.5. The van der Waals surface area contributed by atoms with Crippen molar-refractivity contribution in [2.75, 3.05) is 20.2 Å². The molecule has 1 amide bonds. The van der Waals surface area contributed by atoms with Gasteiger partial charge in [-0.15, -0.1) is 34.2 Å². The molecule has 0 aliphatic carbocycles. The van der Waals surface area contributed by atoms with Crippen LogP contribution < -0.4 is 15.4 Å². The number of rotatable bonds is 7. The second-order valence-electron chi connectivity index (χ2n) is 7.41. The van der Waals surface area contributed by atoms with E-state index in [1.807, 2.05) is 54.6 Å². The molecule has 1 aromatic carbocycles. The second kappa shape index (κ2) is 11.9. The third-order valence-electron chi connectivity index (χ3n) is 5.36. The molecule has 0 bridgehead atoms. The molecule has 1 aliphatic heterocycles. The molecule has 0 spiro atoms. The summed E-state index contributed by atoms with van der Waals surface area (Å²) in [5, 5.41) is 15.1. The third kappa shape index (κ3) is 6.81. The van der Waals surface area contributed by atoms with Crippen LogP contribution in [0.5, 0.6) is 5.75 Å². The summed E-state index contributed by atoms with van der Waals surface area (Å²) in [7, 11) is 3.60. The van der Waals surface area contributed by atoms with Gasteiger partial charge in [0.2, 0.25) is 5.91 Å². The average Bonchev–Trinajstić information content (AvgIpc) is 3.37. The molecule has 1 fully saturated rings. The number of amides is 1. The van der Waals surface area contributed by atoms with Crippen LogP contribution in [-0.4, -0.2) is 57.8 Å². The summed E-state index contributed by atoms with van der Waals surface area (Å²) >= 11 is 0. The molecule has 1 saturated heterocycles. The van der Waals surface area contributed by atoms with E-state index in [4.69, 9.17) is 9.73 Å². The lowest BCUT2D eigenvalue weighted by Crippen LogP contribution is -2.45. The van der Waals surface area contributed by atoms with Crippen LogP contribution in [0, 0.1) is 6.92 Å². The van der Waals surface area contributed by atoms with E-state index in [0.717, 1.165) is 35.9 Å². The molecule has 2 heterocycles. The number of aromatic nitrogens is 3. The minimum absolute atomic E-state index is 0. The van der Waals surface area contributed by atoms with Crippen molar-refractivity contribution >= 4 is 35.8 Å². The number of carbonyl (C=O) groups excluding carboxylic acids is 1. The lowest BCUT2D eigenvalue weighted by Gasteiger charge is -2.19. The summed E-state index contributed by atoms with van der Waals surface area (Å²) in [6.45, 7) is 6.33. The number of nitrogens with one attached hydrogen (secondary N) is 2. The Morgan fingerprint density at radius 2 is 2.03 bits per heavy atom. The normalized spacial score (nSPS) is 16.1. The van der Waals surface area contributed by atoms with Crippen molar-refractivity contribution in [2.24, 2.45) is 12.0 Å². The van der Waals surface area contributed by atoms with Crippen LogP contribution in [0.15, 0.2) is 29.3 Å². The quantitative estimate of drug-likeness (QED) is 0.316.